The third-order valence-electron chi connectivity index (χ3n) is 2.21. The second-order valence-electron chi connectivity index (χ2n) is 3.72. The van der Waals surface area contributed by atoms with E-state index in [-0.39, 0.29) is 5.69 Å². The number of carbonyl (C=O) groups excluding carboxylic acids is 1. The maximum Gasteiger partial charge on any atom is 0.416 e. The number of alkyl halides is 3. The first-order valence-corrected chi connectivity index (χ1v) is 5.15. The van der Waals surface area contributed by atoms with Crippen LogP contribution < -0.4 is 5.32 Å². The highest BCUT2D eigenvalue weighted by Gasteiger charge is 2.30. The first kappa shape index (κ1) is 15.5. The van der Waals surface area contributed by atoms with Crippen LogP contribution in [0, 0.1) is 10.1 Å². The van der Waals surface area contributed by atoms with Crippen LogP contribution in [-0.2, 0) is 11.0 Å². The monoisotopic (exact) mass is 290 g/mol. The number of benzene rings is 1. The van der Waals surface area contributed by atoms with Crippen molar-refractivity contribution in [3.63, 3.8) is 0 Å². The standard InChI is InChI=1S/C11H9F3N2O4/c1-6(17)9(16(19)20)10(18)15-8-4-2-7(3-5-8)11(12,13)14/h2-5,17H,1H3,(H,15,18)/b9-6+. The number of halogens is 3. The van der Waals surface area contributed by atoms with Gasteiger partial charge in [0.15, 0.2) is 5.76 Å². The molecule has 0 radical (unpaired) electrons. The van der Waals surface area contributed by atoms with E-state index in [4.69, 9.17) is 5.11 Å². The minimum atomic E-state index is -4.52. The summed E-state index contributed by atoms with van der Waals surface area (Å²) in [6.45, 7) is 0.949. The molecule has 0 saturated heterocycles. The van der Waals surface area contributed by atoms with Crippen LogP contribution in [0.2, 0.25) is 0 Å². The van der Waals surface area contributed by atoms with E-state index < -0.39 is 34.0 Å². The summed E-state index contributed by atoms with van der Waals surface area (Å²) in [6.07, 6.45) is -4.52. The zero-order valence-electron chi connectivity index (χ0n) is 10.1. The first-order valence-electron chi connectivity index (χ1n) is 5.15. The molecule has 2 N–H and O–H groups in total. The number of carbonyl (C=O) groups is 1. The molecule has 0 unspecified atom stereocenters. The lowest BCUT2D eigenvalue weighted by molar-refractivity contribution is -0.421. The molecule has 0 atom stereocenters. The molecule has 1 rings (SSSR count). The van der Waals surface area contributed by atoms with E-state index >= 15 is 0 Å². The molecule has 0 aliphatic carbocycles. The fourth-order valence-electron chi connectivity index (χ4n) is 1.31. The minimum Gasteiger partial charge on any atom is -0.506 e. The Balaban J connectivity index is 2.92. The number of hydrogen-bond acceptors (Lipinski definition) is 4. The highest BCUT2D eigenvalue weighted by Crippen LogP contribution is 2.29. The number of aliphatic hydroxyl groups excluding tert-OH is 1. The Hall–Kier alpha value is -2.58. The Morgan fingerprint density at radius 1 is 1.30 bits per heavy atom. The number of nitrogens with one attached hydrogen (secondary N) is 1. The summed E-state index contributed by atoms with van der Waals surface area (Å²) in [5.41, 5.74) is -2.06. The molecule has 0 aliphatic heterocycles. The molecule has 0 saturated carbocycles. The molecular formula is C11H9F3N2O4. The second-order valence-corrected chi connectivity index (χ2v) is 3.72. The number of aliphatic hydroxyl groups is 1. The SMILES string of the molecule is C/C(O)=C(/C(=O)Nc1ccc(C(F)(F)F)cc1)[N+](=O)[O-]. The van der Waals surface area contributed by atoms with E-state index in [0.717, 1.165) is 31.2 Å². The summed E-state index contributed by atoms with van der Waals surface area (Å²) < 4.78 is 36.9. The molecule has 0 aromatic heterocycles. The fourth-order valence-corrected chi connectivity index (χ4v) is 1.31. The molecule has 9 heteroatoms. The molecule has 0 heterocycles. The second kappa shape index (κ2) is 5.59. The highest BCUT2D eigenvalue weighted by molar-refractivity contribution is 6.02. The number of hydrogen-bond donors (Lipinski definition) is 2. The maximum absolute atomic E-state index is 12.3. The summed E-state index contributed by atoms with van der Waals surface area (Å²) >= 11 is 0. The van der Waals surface area contributed by atoms with Crippen molar-refractivity contribution in [2.45, 2.75) is 13.1 Å². The Morgan fingerprint density at radius 3 is 2.15 bits per heavy atom. The third kappa shape index (κ3) is 3.70. The number of nitro groups is 1. The van der Waals surface area contributed by atoms with Crippen molar-refractivity contribution in [3.8, 4) is 0 Å². The van der Waals surface area contributed by atoms with Gasteiger partial charge in [0.1, 0.15) is 0 Å². The van der Waals surface area contributed by atoms with Crippen molar-refractivity contribution in [1.29, 1.82) is 0 Å². The van der Waals surface area contributed by atoms with Crippen molar-refractivity contribution in [3.05, 3.63) is 51.4 Å². The van der Waals surface area contributed by atoms with Crippen LogP contribution in [0.4, 0.5) is 18.9 Å². The summed E-state index contributed by atoms with van der Waals surface area (Å²) in [5, 5.41) is 21.6. The molecule has 108 valence electrons. The van der Waals surface area contributed by atoms with Gasteiger partial charge in [-0.3, -0.25) is 14.9 Å². The van der Waals surface area contributed by atoms with Gasteiger partial charge in [-0.2, -0.15) is 13.2 Å². The lowest BCUT2D eigenvalue weighted by Gasteiger charge is -2.08. The average Bonchev–Trinajstić information content (AvgIpc) is 2.26. The van der Waals surface area contributed by atoms with Gasteiger partial charge in [0.25, 0.3) is 0 Å². The van der Waals surface area contributed by atoms with Crippen LogP contribution >= 0.6 is 0 Å². The smallest absolute Gasteiger partial charge is 0.416 e. The van der Waals surface area contributed by atoms with Crippen molar-refractivity contribution < 1.29 is 28.0 Å². The van der Waals surface area contributed by atoms with Crippen LogP contribution in [0.25, 0.3) is 0 Å². The zero-order valence-corrected chi connectivity index (χ0v) is 10.1. The van der Waals surface area contributed by atoms with Crippen LogP contribution in [0.1, 0.15) is 12.5 Å². The van der Waals surface area contributed by atoms with Crippen LogP contribution in [0.15, 0.2) is 35.7 Å². The topological polar surface area (TPSA) is 92.5 Å². The first-order chi connectivity index (χ1) is 9.12. The van der Waals surface area contributed by atoms with Gasteiger partial charge in [0, 0.05) is 12.6 Å². The lowest BCUT2D eigenvalue weighted by atomic mass is 10.2. The third-order valence-corrected chi connectivity index (χ3v) is 2.21. The Morgan fingerprint density at radius 2 is 1.80 bits per heavy atom. The molecule has 0 aliphatic rings. The van der Waals surface area contributed by atoms with Gasteiger partial charge in [-0.15, -0.1) is 0 Å². The molecule has 0 spiro atoms. The van der Waals surface area contributed by atoms with E-state index in [1.54, 1.807) is 0 Å². The van der Waals surface area contributed by atoms with Gasteiger partial charge in [-0.05, 0) is 24.3 Å². The van der Waals surface area contributed by atoms with Gasteiger partial charge in [-0.25, -0.2) is 0 Å². The molecule has 20 heavy (non-hydrogen) atoms. The van der Waals surface area contributed by atoms with Crippen LogP contribution in [-0.4, -0.2) is 15.9 Å². The number of nitrogens with zero attached hydrogens (tertiary/aromatic N) is 1. The molecular weight excluding hydrogens is 281 g/mol. The normalized spacial score (nSPS) is 12.6. The van der Waals surface area contributed by atoms with Crippen molar-refractivity contribution in [2.75, 3.05) is 5.32 Å². The predicted octanol–water partition coefficient (Wildman–Crippen LogP) is 2.71. The number of amides is 1. The maximum atomic E-state index is 12.3. The lowest BCUT2D eigenvalue weighted by Crippen LogP contribution is -2.21. The van der Waals surface area contributed by atoms with Crippen LogP contribution in [0.5, 0.6) is 0 Å². The quantitative estimate of drug-likeness (QED) is 0.387. The summed E-state index contributed by atoms with van der Waals surface area (Å²) in [4.78, 5) is 20.9. The number of rotatable bonds is 3. The molecule has 1 amide bonds. The summed E-state index contributed by atoms with van der Waals surface area (Å²) in [5.74, 6) is -2.03. The Bertz CT molecular complexity index is 560. The van der Waals surface area contributed by atoms with Gasteiger partial charge >= 0.3 is 17.8 Å². The largest absolute Gasteiger partial charge is 0.506 e. The molecule has 1 aromatic carbocycles. The Kier molecular flexibility index (Phi) is 4.33. The van der Waals surface area contributed by atoms with E-state index in [1.807, 2.05) is 5.32 Å². The molecule has 1 aromatic rings. The fraction of sp³-hybridized carbons (Fsp3) is 0.182. The van der Waals surface area contributed by atoms with Crippen molar-refractivity contribution in [2.24, 2.45) is 0 Å². The average molecular weight is 290 g/mol. The highest BCUT2D eigenvalue weighted by atomic mass is 19.4. The van der Waals surface area contributed by atoms with Gasteiger partial charge in [-0.1, -0.05) is 0 Å². The molecule has 6 nitrogen and oxygen atoms in total. The number of anilines is 1. The molecule has 0 fully saturated rings. The van der Waals surface area contributed by atoms with Crippen LogP contribution in [0.3, 0.4) is 0 Å². The summed E-state index contributed by atoms with van der Waals surface area (Å²) in [6, 6.07) is 3.34. The predicted molar refractivity (Wildman–Crippen MR) is 62.4 cm³/mol. The van der Waals surface area contributed by atoms with E-state index in [2.05, 4.69) is 0 Å². The minimum absolute atomic E-state index is 0.0661. The van der Waals surface area contributed by atoms with Crippen molar-refractivity contribution in [1.82, 2.24) is 0 Å². The van der Waals surface area contributed by atoms with E-state index in [9.17, 15) is 28.1 Å². The van der Waals surface area contributed by atoms with Gasteiger partial charge < -0.3 is 10.4 Å². The zero-order chi connectivity index (χ0) is 15.5. The number of allylic oxidation sites excluding steroid dienone is 1. The summed E-state index contributed by atoms with van der Waals surface area (Å²) in [7, 11) is 0. The van der Waals surface area contributed by atoms with E-state index in [0.29, 0.717) is 0 Å². The Labute approximate surface area is 110 Å². The van der Waals surface area contributed by atoms with E-state index in [1.165, 1.54) is 0 Å². The van der Waals surface area contributed by atoms with Gasteiger partial charge in [0.05, 0.1) is 10.5 Å². The molecule has 0 bridgehead atoms. The van der Waals surface area contributed by atoms with Crippen molar-refractivity contribution >= 4 is 11.6 Å². The van der Waals surface area contributed by atoms with Gasteiger partial charge in [0.2, 0.25) is 0 Å².